The minimum Gasteiger partial charge on any atom is -0.497 e. The third-order valence-corrected chi connectivity index (χ3v) is 5.86. The Balaban J connectivity index is 1.84. The van der Waals surface area contributed by atoms with Crippen molar-refractivity contribution < 1.29 is 18.7 Å². The van der Waals surface area contributed by atoms with Crippen LogP contribution in [0.2, 0.25) is 0 Å². The van der Waals surface area contributed by atoms with E-state index in [0.29, 0.717) is 28.2 Å². The average molecular weight is 439 g/mol. The molecule has 7 nitrogen and oxygen atoms in total. The van der Waals surface area contributed by atoms with Crippen LogP contribution >= 0.6 is 11.3 Å². The van der Waals surface area contributed by atoms with Gasteiger partial charge >= 0.3 is 5.97 Å². The Morgan fingerprint density at radius 3 is 2.81 bits per heavy atom. The number of furan rings is 1. The Morgan fingerprint density at radius 2 is 2.06 bits per heavy atom. The van der Waals surface area contributed by atoms with E-state index in [2.05, 4.69) is 0 Å². The predicted molar refractivity (Wildman–Crippen MR) is 119 cm³/mol. The molecule has 0 aliphatic heterocycles. The van der Waals surface area contributed by atoms with E-state index in [1.54, 1.807) is 23.8 Å². The number of esters is 1. The van der Waals surface area contributed by atoms with Crippen molar-refractivity contribution in [1.29, 1.82) is 0 Å². The lowest BCUT2D eigenvalue weighted by Crippen LogP contribution is -2.25. The third kappa shape index (κ3) is 3.98. The standard InChI is InChI=1S/C23H22N2O5S/c1-4-6-19-24-21-20(17(13-31-21)14-7-5-8-15(11-14)28-2)22(26)25(19)12-16-9-10-18(30-16)23(27)29-3/h5,7-11,13H,4,6,12H2,1-3H3. The summed E-state index contributed by atoms with van der Waals surface area (Å²) < 4.78 is 17.2. The summed E-state index contributed by atoms with van der Waals surface area (Å²) in [6.07, 6.45) is 1.50. The van der Waals surface area contributed by atoms with Gasteiger partial charge < -0.3 is 13.9 Å². The van der Waals surface area contributed by atoms with E-state index in [-0.39, 0.29) is 17.9 Å². The lowest BCUT2D eigenvalue weighted by molar-refractivity contribution is 0.0563. The van der Waals surface area contributed by atoms with Crippen molar-refractivity contribution in [2.75, 3.05) is 14.2 Å². The summed E-state index contributed by atoms with van der Waals surface area (Å²) in [6.45, 7) is 2.22. The van der Waals surface area contributed by atoms with Gasteiger partial charge in [-0.1, -0.05) is 19.1 Å². The van der Waals surface area contributed by atoms with Gasteiger partial charge in [0.05, 0.1) is 26.2 Å². The maximum Gasteiger partial charge on any atom is 0.373 e. The molecular formula is C23H22N2O5S. The molecule has 0 saturated heterocycles. The van der Waals surface area contributed by atoms with Crippen molar-refractivity contribution in [3.05, 3.63) is 69.5 Å². The number of carbonyl (C=O) groups is 1. The highest BCUT2D eigenvalue weighted by Crippen LogP contribution is 2.33. The van der Waals surface area contributed by atoms with E-state index in [9.17, 15) is 9.59 Å². The minimum atomic E-state index is -0.556. The molecule has 0 spiro atoms. The summed E-state index contributed by atoms with van der Waals surface area (Å²) in [5, 5.41) is 2.52. The molecule has 0 amide bonds. The van der Waals surface area contributed by atoms with Crippen LogP contribution < -0.4 is 10.3 Å². The molecule has 3 aromatic heterocycles. The Labute approximate surface area is 182 Å². The molecule has 0 bridgehead atoms. The molecule has 160 valence electrons. The molecule has 4 aromatic rings. The first-order chi connectivity index (χ1) is 15.0. The normalized spacial score (nSPS) is 11.1. The van der Waals surface area contributed by atoms with Crippen LogP contribution in [0.15, 0.2) is 51.0 Å². The number of aromatic nitrogens is 2. The topological polar surface area (TPSA) is 83.6 Å². The first kappa shape index (κ1) is 20.9. The van der Waals surface area contributed by atoms with Crippen LogP contribution in [0.3, 0.4) is 0 Å². The maximum absolute atomic E-state index is 13.6. The van der Waals surface area contributed by atoms with Gasteiger partial charge in [0.2, 0.25) is 5.76 Å². The van der Waals surface area contributed by atoms with E-state index in [1.807, 2.05) is 36.6 Å². The number of benzene rings is 1. The fourth-order valence-electron chi connectivity index (χ4n) is 3.48. The number of hydrogen-bond acceptors (Lipinski definition) is 7. The molecule has 0 aliphatic carbocycles. The Bertz CT molecular complexity index is 1300. The van der Waals surface area contributed by atoms with E-state index >= 15 is 0 Å². The van der Waals surface area contributed by atoms with Crippen molar-refractivity contribution in [1.82, 2.24) is 9.55 Å². The average Bonchev–Trinajstić information content (AvgIpc) is 3.43. The van der Waals surface area contributed by atoms with Crippen LogP contribution in [0.5, 0.6) is 5.75 Å². The van der Waals surface area contributed by atoms with Gasteiger partial charge in [-0.3, -0.25) is 9.36 Å². The summed E-state index contributed by atoms with van der Waals surface area (Å²) in [5.74, 6) is 1.44. The Morgan fingerprint density at radius 1 is 1.23 bits per heavy atom. The molecule has 31 heavy (non-hydrogen) atoms. The van der Waals surface area contributed by atoms with E-state index < -0.39 is 5.97 Å². The lowest BCUT2D eigenvalue weighted by Gasteiger charge is -2.11. The quantitative estimate of drug-likeness (QED) is 0.395. The van der Waals surface area contributed by atoms with E-state index in [0.717, 1.165) is 23.3 Å². The summed E-state index contributed by atoms with van der Waals surface area (Å²) in [6, 6.07) is 10.8. The van der Waals surface area contributed by atoms with Gasteiger partial charge in [0.1, 0.15) is 22.2 Å². The van der Waals surface area contributed by atoms with Gasteiger partial charge in [0.15, 0.2) is 0 Å². The number of rotatable bonds is 7. The number of aryl methyl sites for hydroxylation is 1. The zero-order valence-corrected chi connectivity index (χ0v) is 18.3. The highest BCUT2D eigenvalue weighted by Gasteiger charge is 2.19. The van der Waals surface area contributed by atoms with Crippen LogP contribution in [-0.2, 0) is 17.7 Å². The van der Waals surface area contributed by atoms with Crippen LogP contribution in [0.4, 0.5) is 0 Å². The summed E-state index contributed by atoms with van der Waals surface area (Å²) in [7, 11) is 2.91. The Hall–Kier alpha value is -3.39. The molecule has 1 aromatic carbocycles. The Kier molecular flexibility index (Phi) is 5.90. The van der Waals surface area contributed by atoms with Crippen molar-refractivity contribution >= 4 is 27.5 Å². The number of carbonyl (C=O) groups excluding carboxylic acids is 1. The van der Waals surface area contributed by atoms with Crippen LogP contribution in [-0.4, -0.2) is 29.7 Å². The molecule has 0 aliphatic rings. The largest absolute Gasteiger partial charge is 0.497 e. The fourth-order valence-corrected chi connectivity index (χ4v) is 4.43. The molecule has 0 fully saturated rings. The highest BCUT2D eigenvalue weighted by atomic mass is 32.1. The minimum absolute atomic E-state index is 0.101. The smallest absolute Gasteiger partial charge is 0.373 e. The van der Waals surface area contributed by atoms with Gasteiger partial charge in [0.25, 0.3) is 5.56 Å². The number of methoxy groups -OCH3 is 2. The monoisotopic (exact) mass is 438 g/mol. The second-order valence-electron chi connectivity index (χ2n) is 6.99. The zero-order valence-electron chi connectivity index (χ0n) is 17.5. The zero-order chi connectivity index (χ0) is 22.0. The van der Waals surface area contributed by atoms with Crippen LogP contribution in [0.25, 0.3) is 21.3 Å². The second kappa shape index (κ2) is 8.77. The van der Waals surface area contributed by atoms with Crippen molar-refractivity contribution in [3.63, 3.8) is 0 Å². The number of hydrogen-bond donors (Lipinski definition) is 0. The van der Waals surface area contributed by atoms with E-state index in [1.165, 1.54) is 18.4 Å². The number of nitrogens with zero attached hydrogens (tertiary/aromatic N) is 2. The van der Waals surface area contributed by atoms with Gasteiger partial charge in [0, 0.05) is 17.4 Å². The molecule has 0 unspecified atom stereocenters. The molecule has 0 saturated carbocycles. The van der Waals surface area contributed by atoms with Crippen LogP contribution in [0.1, 0.15) is 35.5 Å². The first-order valence-electron chi connectivity index (χ1n) is 9.88. The SMILES string of the molecule is CCCc1nc2scc(-c3cccc(OC)c3)c2c(=O)n1Cc1ccc(C(=O)OC)o1. The predicted octanol–water partition coefficient (Wildman–Crippen LogP) is 4.51. The summed E-state index contributed by atoms with van der Waals surface area (Å²) in [5.41, 5.74) is 1.58. The summed E-state index contributed by atoms with van der Waals surface area (Å²) >= 11 is 1.45. The molecule has 0 N–H and O–H groups in total. The van der Waals surface area contributed by atoms with Gasteiger partial charge in [-0.2, -0.15) is 0 Å². The van der Waals surface area contributed by atoms with Crippen LogP contribution in [0, 0.1) is 0 Å². The summed E-state index contributed by atoms with van der Waals surface area (Å²) in [4.78, 5) is 30.8. The van der Waals surface area contributed by atoms with Gasteiger partial charge in [-0.05, 0) is 36.2 Å². The molecule has 4 rings (SSSR count). The van der Waals surface area contributed by atoms with Gasteiger partial charge in [-0.15, -0.1) is 11.3 Å². The lowest BCUT2D eigenvalue weighted by atomic mass is 10.1. The number of ether oxygens (including phenoxy) is 2. The number of thiophene rings is 1. The second-order valence-corrected chi connectivity index (χ2v) is 7.85. The van der Waals surface area contributed by atoms with E-state index in [4.69, 9.17) is 18.9 Å². The van der Waals surface area contributed by atoms with Crippen molar-refractivity contribution in [3.8, 4) is 16.9 Å². The molecule has 8 heteroatoms. The first-order valence-corrected chi connectivity index (χ1v) is 10.8. The van der Waals surface area contributed by atoms with Gasteiger partial charge in [-0.25, -0.2) is 9.78 Å². The fraction of sp³-hybridized carbons (Fsp3) is 0.261. The molecule has 0 atom stereocenters. The number of fused-ring (bicyclic) bond motifs is 1. The van der Waals surface area contributed by atoms with Crippen molar-refractivity contribution in [2.45, 2.75) is 26.3 Å². The molecule has 3 heterocycles. The molecule has 0 radical (unpaired) electrons. The highest BCUT2D eigenvalue weighted by molar-refractivity contribution is 7.17. The molecular weight excluding hydrogens is 416 g/mol. The van der Waals surface area contributed by atoms with Crippen molar-refractivity contribution in [2.24, 2.45) is 0 Å². The maximum atomic E-state index is 13.6. The third-order valence-electron chi connectivity index (χ3n) is 4.99.